The third kappa shape index (κ3) is 4.31. The fourth-order valence-corrected chi connectivity index (χ4v) is 5.22. The molecule has 2 aromatic carbocycles. The van der Waals surface area contributed by atoms with Gasteiger partial charge >= 0.3 is 0 Å². The van der Waals surface area contributed by atoms with E-state index in [-0.39, 0.29) is 11.8 Å². The SMILES string of the molecule is CC(C)CNCCC1(C(=O)NC2C(=O)N(C)c3ccccc3-c3ccccc32)CCCC1. The van der Waals surface area contributed by atoms with Crippen LogP contribution in [0.25, 0.3) is 11.1 Å². The molecule has 1 aliphatic carbocycles. The molecule has 2 aromatic rings. The van der Waals surface area contributed by atoms with Crippen molar-refractivity contribution in [1.29, 1.82) is 0 Å². The van der Waals surface area contributed by atoms with Crippen LogP contribution in [0.15, 0.2) is 48.5 Å². The molecule has 1 fully saturated rings. The molecule has 5 nitrogen and oxygen atoms in total. The number of rotatable bonds is 7. The second-order valence-corrected chi connectivity index (χ2v) is 9.74. The summed E-state index contributed by atoms with van der Waals surface area (Å²) in [5.41, 5.74) is 3.37. The first-order chi connectivity index (χ1) is 15.4. The Hall–Kier alpha value is -2.66. The molecule has 1 atom stereocenters. The lowest BCUT2D eigenvalue weighted by molar-refractivity contribution is -0.135. The van der Waals surface area contributed by atoms with E-state index in [9.17, 15) is 9.59 Å². The molecule has 32 heavy (non-hydrogen) atoms. The predicted molar refractivity (Wildman–Crippen MR) is 129 cm³/mol. The number of hydrogen-bond acceptors (Lipinski definition) is 3. The summed E-state index contributed by atoms with van der Waals surface area (Å²) in [5.74, 6) is 0.510. The number of nitrogens with one attached hydrogen (secondary N) is 2. The molecule has 1 aliphatic heterocycles. The Morgan fingerprint density at radius 2 is 1.72 bits per heavy atom. The Labute approximate surface area is 191 Å². The molecule has 0 spiro atoms. The van der Waals surface area contributed by atoms with Crippen LogP contribution in [0.5, 0.6) is 0 Å². The number of para-hydroxylation sites is 1. The Kier molecular flexibility index (Phi) is 6.66. The number of likely N-dealkylation sites (N-methyl/N-ethyl adjacent to an activating group) is 1. The van der Waals surface area contributed by atoms with Gasteiger partial charge in [0.25, 0.3) is 5.91 Å². The molecular weight excluding hydrogens is 398 g/mol. The third-order valence-electron chi connectivity index (χ3n) is 7.06. The number of fused-ring (bicyclic) bond motifs is 3. The summed E-state index contributed by atoms with van der Waals surface area (Å²) >= 11 is 0. The molecule has 0 saturated heterocycles. The maximum Gasteiger partial charge on any atom is 0.253 e. The van der Waals surface area contributed by atoms with Gasteiger partial charge < -0.3 is 15.5 Å². The van der Waals surface area contributed by atoms with Gasteiger partial charge in [0.15, 0.2) is 0 Å². The smallest absolute Gasteiger partial charge is 0.253 e. The van der Waals surface area contributed by atoms with Crippen molar-refractivity contribution in [3.63, 3.8) is 0 Å². The normalized spacial score (nSPS) is 19.4. The molecule has 1 heterocycles. The van der Waals surface area contributed by atoms with Crippen molar-refractivity contribution in [2.75, 3.05) is 25.0 Å². The second-order valence-electron chi connectivity index (χ2n) is 9.74. The van der Waals surface area contributed by atoms with Gasteiger partial charge in [0, 0.05) is 12.6 Å². The second kappa shape index (κ2) is 9.45. The van der Waals surface area contributed by atoms with E-state index in [1.165, 1.54) is 0 Å². The molecule has 5 heteroatoms. The summed E-state index contributed by atoms with van der Waals surface area (Å²) in [6.07, 6.45) is 4.72. The Bertz CT molecular complexity index is 978. The number of amides is 2. The number of carbonyl (C=O) groups is 2. The molecular formula is C27H35N3O2. The standard InChI is InChI=1S/C27H35N3O2/c1-19(2)18-28-17-16-27(14-8-9-15-27)26(32)29-24-22-12-5-4-10-20(22)21-11-6-7-13-23(21)30(3)25(24)31/h4-7,10-13,19,24,28H,8-9,14-18H2,1-3H3,(H,29,32). The number of anilines is 1. The molecule has 4 rings (SSSR count). The highest BCUT2D eigenvalue weighted by Crippen LogP contribution is 2.43. The number of hydrogen-bond donors (Lipinski definition) is 2. The predicted octanol–water partition coefficient (Wildman–Crippen LogP) is 4.68. The summed E-state index contributed by atoms with van der Waals surface area (Å²) in [6.45, 7) is 6.16. The van der Waals surface area contributed by atoms with E-state index in [0.717, 1.165) is 67.6 Å². The molecule has 1 unspecified atom stereocenters. The van der Waals surface area contributed by atoms with E-state index in [4.69, 9.17) is 0 Å². The average molecular weight is 434 g/mol. The zero-order valence-electron chi connectivity index (χ0n) is 19.5. The lowest BCUT2D eigenvalue weighted by Gasteiger charge is -2.31. The van der Waals surface area contributed by atoms with E-state index in [0.29, 0.717) is 5.92 Å². The average Bonchev–Trinajstić information content (AvgIpc) is 3.26. The van der Waals surface area contributed by atoms with Gasteiger partial charge in [-0.25, -0.2) is 0 Å². The first kappa shape index (κ1) is 22.5. The van der Waals surface area contributed by atoms with Crippen molar-refractivity contribution >= 4 is 17.5 Å². The summed E-state index contributed by atoms with van der Waals surface area (Å²) < 4.78 is 0. The van der Waals surface area contributed by atoms with Crippen molar-refractivity contribution in [3.05, 3.63) is 54.1 Å². The number of benzene rings is 2. The van der Waals surface area contributed by atoms with Crippen LogP contribution >= 0.6 is 0 Å². The van der Waals surface area contributed by atoms with Gasteiger partial charge in [-0.1, -0.05) is 69.2 Å². The van der Waals surface area contributed by atoms with Gasteiger partial charge in [0.1, 0.15) is 6.04 Å². The van der Waals surface area contributed by atoms with Crippen LogP contribution in [0.1, 0.15) is 57.6 Å². The molecule has 2 aliphatic rings. The number of carbonyl (C=O) groups excluding carboxylic acids is 2. The summed E-state index contributed by atoms with van der Waals surface area (Å²) in [6, 6.07) is 15.2. The summed E-state index contributed by atoms with van der Waals surface area (Å²) in [5, 5.41) is 6.70. The van der Waals surface area contributed by atoms with Crippen molar-refractivity contribution in [1.82, 2.24) is 10.6 Å². The van der Waals surface area contributed by atoms with Gasteiger partial charge in [-0.2, -0.15) is 0 Å². The van der Waals surface area contributed by atoms with Gasteiger partial charge in [-0.3, -0.25) is 9.59 Å². The third-order valence-corrected chi connectivity index (χ3v) is 7.06. The number of nitrogens with zero attached hydrogens (tertiary/aromatic N) is 1. The van der Waals surface area contributed by atoms with Crippen LogP contribution < -0.4 is 15.5 Å². The van der Waals surface area contributed by atoms with Crippen molar-refractivity contribution in [2.45, 2.75) is 52.0 Å². The van der Waals surface area contributed by atoms with Crippen LogP contribution in [0.4, 0.5) is 5.69 Å². The molecule has 2 N–H and O–H groups in total. The molecule has 0 radical (unpaired) electrons. The highest BCUT2D eigenvalue weighted by atomic mass is 16.2. The Balaban J connectivity index is 1.61. The first-order valence-corrected chi connectivity index (χ1v) is 11.9. The minimum Gasteiger partial charge on any atom is -0.340 e. The van der Waals surface area contributed by atoms with Gasteiger partial charge in [-0.05, 0) is 55.5 Å². The minimum atomic E-state index is -0.683. The summed E-state index contributed by atoms with van der Waals surface area (Å²) in [7, 11) is 1.80. The highest BCUT2D eigenvalue weighted by Gasteiger charge is 2.43. The van der Waals surface area contributed by atoms with Crippen LogP contribution in [0.3, 0.4) is 0 Å². The van der Waals surface area contributed by atoms with Crippen LogP contribution in [0, 0.1) is 11.3 Å². The lowest BCUT2D eigenvalue weighted by atomic mass is 9.81. The summed E-state index contributed by atoms with van der Waals surface area (Å²) in [4.78, 5) is 28.9. The Morgan fingerprint density at radius 3 is 2.44 bits per heavy atom. The largest absolute Gasteiger partial charge is 0.340 e. The van der Waals surface area contributed by atoms with Crippen molar-refractivity contribution in [3.8, 4) is 11.1 Å². The van der Waals surface area contributed by atoms with Crippen molar-refractivity contribution in [2.24, 2.45) is 11.3 Å². The van der Waals surface area contributed by atoms with Gasteiger partial charge in [0.05, 0.1) is 11.1 Å². The zero-order chi connectivity index (χ0) is 22.7. The van der Waals surface area contributed by atoms with Crippen molar-refractivity contribution < 1.29 is 9.59 Å². The molecule has 1 saturated carbocycles. The topological polar surface area (TPSA) is 61.4 Å². The van der Waals surface area contributed by atoms with E-state index in [1.807, 2.05) is 48.5 Å². The highest BCUT2D eigenvalue weighted by molar-refractivity contribution is 6.06. The fourth-order valence-electron chi connectivity index (χ4n) is 5.22. The van der Waals surface area contributed by atoms with Crippen LogP contribution in [-0.4, -0.2) is 32.0 Å². The maximum absolute atomic E-state index is 13.7. The van der Waals surface area contributed by atoms with E-state index < -0.39 is 11.5 Å². The molecule has 0 bridgehead atoms. The monoisotopic (exact) mass is 433 g/mol. The quantitative estimate of drug-likeness (QED) is 0.623. The fraction of sp³-hybridized carbons (Fsp3) is 0.481. The van der Waals surface area contributed by atoms with Gasteiger partial charge in [0.2, 0.25) is 5.91 Å². The van der Waals surface area contributed by atoms with E-state index in [1.54, 1.807) is 11.9 Å². The van der Waals surface area contributed by atoms with E-state index in [2.05, 4.69) is 24.5 Å². The molecule has 170 valence electrons. The Morgan fingerprint density at radius 1 is 1.06 bits per heavy atom. The van der Waals surface area contributed by atoms with E-state index >= 15 is 0 Å². The van der Waals surface area contributed by atoms with Crippen LogP contribution in [-0.2, 0) is 9.59 Å². The van der Waals surface area contributed by atoms with Crippen LogP contribution in [0.2, 0.25) is 0 Å². The molecule has 2 amide bonds. The van der Waals surface area contributed by atoms with Gasteiger partial charge in [-0.15, -0.1) is 0 Å². The zero-order valence-corrected chi connectivity index (χ0v) is 19.5. The minimum absolute atomic E-state index is 0.0221. The first-order valence-electron chi connectivity index (χ1n) is 11.9. The molecule has 0 aromatic heterocycles. The lowest BCUT2D eigenvalue weighted by Crippen LogP contribution is -2.47. The maximum atomic E-state index is 13.7.